The van der Waals surface area contributed by atoms with E-state index >= 15 is 0 Å². The van der Waals surface area contributed by atoms with Crippen molar-refractivity contribution in [3.05, 3.63) is 0 Å². The van der Waals surface area contributed by atoms with Crippen LogP contribution in [0.15, 0.2) is 0 Å². The molecule has 2 unspecified atom stereocenters. The second kappa shape index (κ2) is 9.26. The number of unbranched alkanes of at least 4 members (excludes halogenated alkanes) is 1. The van der Waals surface area contributed by atoms with Crippen molar-refractivity contribution in [2.24, 2.45) is 11.5 Å². The number of likely N-dealkylation sites (N-methyl/N-ethyl adjacent to an activating group) is 1. The Hall–Kier alpha value is -0.790. The molecule has 100 valence electrons. The van der Waals surface area contributed by atoms with Crippen LogP contribution in [0, 0.1) is 0 Å². The van der Waals surface area contributed by atoms with E-state index in [0.29, 0.717) is 18.7 Å². The lowest BCUT2D eigenvalue weighted by Crippen LogP contribution is -2.42. The molecule has 0 aromatic rings. The minimum Gasteiger partial charge on any atom is -0.368 e. The number of rotatable bonds is 9. The SMILES string of the molecule is CNC(CCCCNC(=O)C(N)CS)C(N)=O. The molecule has 17 heavy (non-hydrogen) atoms. The number of thiol groups is 1. The van der Waals surface area contributed by atoms with E-state index in [2.05, 4.69) is 23.3 Å². The summed E-state index contributed by atoms with van der Waals surface area (Å²) in [6.45, 7) is 0.551. The third-order valence-corrected chi connectivity index (χ3v) is 2.84. The summed E-state index contributed by atoms with van der Waals surface area (Å²) in [5.74, 6) is -0.219. The molecule has 2 atom stereocenters. The molecule has 0 aromatic heterocycles. The van der Waals surface area contributed by atoms with Crippen molar-refractivity contribution in [2.75, 3.05) is 19.3 Å². The smallest absolute Gasteiger partial charge is 0.237 e. The van der Waals surface area contributed by atoms with Gasteiger partial charge in [-0.1, -0.05) is 0 Å². The molecular formula is C10H22N4O2S. The van der Waals surface area contributed by atoms with Gasteiger partial charge < -0.3 is 22.1 Å². The van der Waals surface area contributed by atoms with Crippen LogP contribution in [-0.2, 0) is 9.59 Å². The number of primary amides is 1. The van der Waals surface area contributed by atoms with Crippen molar-refractivity contribution in [3.63, 3.8) is 0 Å². The maximum atomic E-state index is 11.3. The fourth-order valence-electron chi connectivity index (χ4n) is 1.33. The first kappa shape index (κ1) is 16.2. The third kappa shape index (κ3) is 7.19. The number of carbonyl (C=O) groups excluding carboxylic acids is 2. The Balaban J connectivity index is 3.58. The van der Waals surface area contributed by atoms with E-state index in [4.69, 9.17) is 11.5 Å². The Morgan fingerprint density at radius 1 is 1.35 bits per heavy atom. The minimum atomic E-state index is -0.561. The molecule has 2 amide bonds. The topological polar surface area (TPSA) is 110 Å². The highest BCUT2D eigenvalue weighted by Crippen LogP contribution is 1.99. The minimum absolute atomic E-state index is 0.194. The van der Waals surface area contributed by atoms with Gasteiger partial charge in [0.15, 0.2) is 0 Å². The Kier molecular flexibility index (Phi) is 8.83. The molecule has 0 rings (SSSR count). The summed E-state index contributed by atoms with van der Waals surface area (Å²) in [6.07, 6.45) is 2.27. The van der Waals surface area contributed by atoms with Crippen molar-refractivity contribution in [1.29, 1.82) is 0 Å². The van der Waals surface area contributed by atoms with E-state index in [1.807, 2.05) is 0 Å². The second-order valence-electron chi connectivity index (χ2n) is 3.82. The quantitative estimate of drug-likeness (QED) is 0.260. The zero-order chi connectivity index (χ0) is 13.3. The lowest BCUT2D eigenvalue weighted by Gasteiger charge is -2.12. The summed E-state index contributed by atoms with van der Waals surface area (Å²) in [6, 6.07) is -0.862. The highest BCUT2D eigenvalue weighted by atomic mass is 32.1. The normalized spacial score (nSPS) is 14.1. The number of carbonyl (C=O) groups is 2. The van der Waals surface area contributed by atoms with Gasteiger partial charge in [-0.25, -0.2) is 0 Å². The lowest BCUT2D eigenvalue weighted by molar-refractivity contribution is -0.122. The predicted molar refractivity (Wildman–Crippen MR) is 70.7 cm³/mol. The summed E-state index contributed by atoms with van der Waals surface area (Å²) < 4.78 is 0. The van der Waals surface area contributed by atoms with E-state index in [9.17, 15) is 9.59 Å². The fourth-order valence-corrected chi connectivity index (χ4v) is 1.49. The summed E-state index contributed by atoms with van der Waals surface area (Å²) >= 11 is 3.93. The van der Waals surface area contributed by atoms with Gasteiger partial charge in [-0.3, -0.25) is 9.59 Å². The van der Waals surface area contributed by atoms with Crippen LogP contribution in [-0.4, -0.2) is 43.2 Å². The number of amides is 2. The van der Waals surface area contributed by atoms with E-state index in [1.54, 1.807) is 7.05 Å². The monoisotopic (exact) mass is 262 g/mol. The first-order chi connectivity index (χ1) is 8.02. The standard InChI is InChI=1S/C10H22N4O2S/c1-13-8(9(12)15)4-2-3-5-14-10(16)7(11)6-17/h7-8,13,17H,2-6,11H2,1H3,(H2,12,15)(H,14,16). The number of hydrogen-bond acceptors (Lipinski definition) is 5. The van der Waals surface area contributed by atoms with Gasteiger partial charge in [0.1, 0.15) is 0 Å². The number of hydrogen-bond donors (Lipinski definition) is 5. The molecule has 0 radical (unpaired) electrons. The van der Waals surface area contributed by atoms with Gasteiger partial charge >= 0.3 is 0 Å². The highest BCUT2D eigenvalue weighted by molar-refractivity contribution is 7.80. The summed E-state index contributed by atoms with van der Waals surface area (Å²) in [7, 11) is 1.70. The molecule has 0 bridgehead atoms. The average Bonchev–Trinajstić information content (AvgIpc) is 2.31. The molecule has 0 saturated heterocycles. The van der Waals surface area contributed by atoms with Crippen molar-refractivity contribution < 1.29 is 9.59 Å². The van der Waals surface area contributed by atoms with E-state index in [-0.39, 0.29) is 17.9 Å². The molecule has 6 N–H and O–H groups in total. The zero-order valence-electron chi connectivity index (χ0n) is 10.1. The Morgan fingerprint density at radius 2 is 2.00 bits per heavy atom. The molecule has 7 heteroatoms. The molecular weight excluding hydrogens is 240 g/mol. The van der Waals surface area contributed by atoms with Crippen LogP contribution in [0.2, 0.25) is 0 Å². The first-order valence-corrected chi connectivity index (χ1v) is 6.27. The van der Waals surface area contributed by atoms with Gasteiger partial charge in [0.25, 0.3) is 0 Å². The molecule has 0 aliphatic heterocycles. The average molecular weight is 262 g/mol. The van der Waals surface area contributed by atoms with Crippen LogP contribution in [0.1, 0.15) is 19.3 Å². The van der Waals surface area contributed by atoms with Crippen molar-refractivity contribution in [1.82, 2.24) is 10.6 Å². The van der Waals surface area contributed by atoms with Gasteiger partial charge in [-0.15, -0.1) is 0 Å². The van der Waals surface area contributed by atoms with Crippen LogP contribution in [0.25, 0.3) is 0 Å². The highest BCUT2D eigenvalue weighted by Gasteiger charge is 2.12. The molecule has 0 aliphatic carbocycles. The fraction of sp³-hybridized carbons (Fsp3) is 0.800. The van der Waals surface area contributed by atoms with E-state index in [1.165, 1.54) is 0 Å². The molecule has 0 aromatic carbocycles. The molecule has 6 nitrogen and oxygen atoms in total. The maximum Gasteiger partial charge on any atom is 0.237 e. The predicted octanol–water partition coefficient (Wildman–Crippen LogP) is -1.40. The molecule has 0 spiro atoms. The van der Waals surface area contributed by atoms with Crippen LogP contribution >= 0.6 is 12.6 Å². The first-order valence-electron chi connectivity index (χ1n) is 5.63. The van der Waals surface area contributed by atoms with Crippen LogP contribution in [0.3, 0.4) is 0 Å². The largest absolute Gasteiger partial charge is 0.368 e. The molecule has 0 fully saturated rings. The van der Waals surface area contributed by atoms with Crippen molar-refractivity contribution in [2.45, 2.75) is 31.3 Å². The zero-order valence-corrected chi connectivity index (χ0v) is 11.0. The number of nitrogens with two attached hydrogens (primary N) is 2. The van der Waals surface area contributed by atoms with E-state index in [0.717, 1.165) is 12.8 Å². The molecule has 0 aliphatic rings. The second-order valence-corrected chi connectivity index (χ2v) is 4.18. The molecule has 0 saturated carbocycles. The van der Waals surface area contributed by atoms with Gasteiger partial charge in [-0.2, -0.15) is 12.6 Å². The van der Waals surface area contributed by atoms with Crippen molar-refractivity contribution in [3.8, 4) is 0 Å². The van der Waals surface area contributed by atoms with Gasteiger partial charge in [0.05, 0.1) is 12.1 Å². The van der Waals surface area contributed by atoms with Gasteiger partial charge in [0.2, 0.25) is 11.8 Å². The van der Waals surface area contributed by atoms with Gasteiger partial charge in [0, 0.05) is 12.3 Å². The Morgan fingerprint density at radius 3 is 2.47 bits per heavy atom. The molecule has 0 heterocycles. The van der Waals surface area contributed by atoms with Crippen molar-refractivity contribution >= 4 is 24.4 Å². The van der Waals surface area contributed by atoms with Crippen LogP contribution in [0.4, 0.5) is 0 Å². The summed E-state index contributed by atoms with van der Waals surface area (Å²) in [5, 5.41) is 5.54. The van der Waals surface area contributed by atoms with E-state index < -0.39 is 6.04 Å². The van der Waals surface area contributed by atoms with Crippen LogP contribution < -0.4 is 22.1 Å². The van der Waals surface area contributed by atoms with Crippen LogP contribution in [0.5, 0.6) is 0 Å². The summed E-state index contributed by atoms with van der Waals surface area (Å²) in [5.41, 5.74) is 10.7. The number of nitrogens with one attached hydrogen (secondary N) is 2. The van der Waals surface area contributed by atoms with Gasteiger partial charge in [-0.05, 0) is 26.3 Å². The third-order valence-electron chi connectivity index (χ3n) is 2.44. The summed E-state index contributed by atoms with van der Waals surface area (Å²) in [4.78, 5) is 22.2. The Bertz CT molecular complexity index is 250. The lowest BCUT2D eigenvalue weighted by atomic mass is 10.1. The Labute approximate surface area is 107 Å². The maximum absolute atomic E-state index is 11.3.